The quantitative estimate of drug-likeness (QED) is 0.684. The topological polar surface area (TPSA) is 90.0 Å². The molecule has 0 radical (unpaired) electrons. The Morgan fingerprint density at radius 2 is 1.75 bits per heavy atom. The van der Waals surface area contributed by atoms with Crippen LogP contribution in [0.15, 0.2) is 0 Å². The molecule has 3 amide bonds. The van der Waals surface area contributed by atoms with Crippen LogP contribution in [0.3, 0.4) is 0 Å². The van der Waals surface area contributed by atoms with Gasteiger partial charge in [0.2, 0.25) is 5.91 Å². The number of nitrogens with one attached hydrogen (secondary N) is 1. The van der Waals surface area contributed by atoms with Gasteiger partial charge in [-0.2, -0.15) is 0 Å². The van der Waals surface area contributed by atoms with Crippen molar-refractivity contribution in [2.75, 3.05) is 34.2 Å². The Bertz CT molecular complexity index is 345. The molecule has 0 aromatic heterocycles. The van der Waals surface area contributed by atoms with Crippen LogP contribution in [0.25, 0.3) is 0 Å². The van der Waals surface area contributed by atoms with Gasteiger partial charge in [0.15, 0.2) is 0 Å². The number of urea groups is 1. The number of rotatable bonds is 8. The maximum absolute atomic E-state index is 11.7. The number of amides is 3. The fourth-order valence-corrected chi connectivity index (χ4v) is 1.49. The van der Waals surface area contributed by atoms with Crippen LogP contribution < -0.4 is 5.32 Å². The number of carbonyl (C=O) groups excluding carboxylic acids is 2. The molecule has 7 nitrogen and oxygen atoms in total. The molecule has 0 saturated carbocycles. The van der Waals surface area contributed by atoms with Crippen molar-refractivity contribution in [1.29, 1.82) is 0 Å². The van der Waals surface area contributed by atoms with Crippen LogP contribution in [0.2, 0.25) is 0 Å². The normalized spacial score (nSPS) is 11.6. The van der Waals surface area contributed by atoms with Gasteiger partial charge in [-0.25, -0.2) is 4.79 Å². The summed E-state index contributed by atoms with van der Waals surface area (Å²) in [5.41, 5.74) is 0. The van der Waals surface area contributed by atoms with Gasteiger partial charge >= 0.3 is 12.0 Å². The van der Waals surface area contributed by atoms with Crippen LogP contribution in [0.1, 0.15) is 26.2 Å². The van der Waals surface area contributed by atoms with E-state index in [1.54, 1.807) is 21.1 Å². The average Bonchev–Trinajstić information content (AvgIpc) is 2.35. The molecule has 0 aliphatic rings. The molecule has 0 aliphatic carbocycles. The fourth-order valence-electron chi connectivity index (χ4n) is 1.49. The van der Waals surface area contributed by atoms with Gasteiger partial charge in [0.05, 0.1) is 0 Å². The van der Waals surface area contributed by atoms with Gasteiger partial charge in [0.1, 0.15) is 6.54 Å². The predicted molar refractivity (Wildman–Crippen MR) is 75.4 cm³/mol. The Labute approximate surface area is 119 Å². The van der Waals surface area contributed by atoms with E-state index in [1.807, 2.05) is 6.92 Å². The Morgan fingerprint density at radius 1 is 1.15 bits per heavy atom. The predicted octanol–water partition coefficient (Wildman–Crippen LogP) is 0.607. The standard InChI is InChI=1S/C13H25N3O4/c1-10(5-6-12(18)19)7-8-14-13(20)16(4)9-11(17)15(2)3/h10H,5-9H2,1-4H3,(H,14,20)(H,18,19). The molecule has 1 atom stereocenters. The fraction of sp³-hybridized carbons (Fsp3) is 0.769. The van der Waals surface area contributed by atoms with Gasteiger partial charge in [-0.1, -0.05) is 6.92 Å². The lowest BCUT2D eigenvalue weighted by molar-refractivity contribution is -0.137. The van der Waals surface area contributed by atoms with Crippen LogP contribution in [0.5, 0.6) is 0 Å². The first-order valence-corrected chi connectivity index (χ1v) is 6.65. The second-order valence-electron chi connectivity index (χ2n) is 5.20. The van der Waals surface area contributed by atoms with Crippen molar-refractivity contribution in [1.82, 2.24) is 15.1 Å². The summed E-state index contributed by atoms with van der Waals surface area (Å²) in [6.45, 7) is 2.46. The molecular formula is C13H25N3O4. The summed E-state index contributed by atoms with van der Waals surface area (Å²) in [6.07, 6.45) is 1.46. The van der Waals surface area contributed by atoms with Crippen molar-refractivity contribution < 1.29 is 19.5 Å². The summed E-state index contributed by atoms with van der Waals surface area (Å²) in [5.74, 6) is -0.708. The van der Waals surface area contributed by atoms with Crippen molar-refractivity contribution in [3.8, 4) is 0 Å². The van der Waals surface area contributed by atoms with Gasteiger partial charge in [-0.3, -0.25) is 9.59 Å². The third-order valence-electron chi connectivity index (χ3n) is 2.98. The van der Waals surface area contributed by atoms with E-state index in [0.29, 0.717) is 19.4 Å². The lowest BCUT2D eigenvalue weighted by Gasteiger charge is -2.20. The number of hydrogen-bond acceptors (Lipinski definition) is 3. The van der Waals surface area contributed by atoms with Crippen LogP contribution >= 0.6 is 0 Å². The number of hydrogen-bond donors (Lipinski definition) is 2. The van der Waals surface area contributed by atoms with E-state index in [0.717, 1.165) is 0 Å². The maximum atomic E-state index is 11.7. The first kappa shape index (κ1) is 18.2. The Kier molecular flexibility index (Phi) is 8.35. The van der Waals surface area contributed by atoms with Crippen LogP contribution in [-0.2, 0) is 9.59 Å². The minimum absolute atomic E-state index is 0.0351. The third-order valence-corrected chi connectivity index (χ3v) is 2.98. The molecule has 0 saturated heterocycles. The van der Waals surface area contributed by atoms with E-state index in [1.165, 1.54) is 9.80 Å². The smallest absolute Gasteiger partial charge is 0.317 e. The second-order valence-corrected chi connectivity index (χ2v) is 5.20. The molecule has 0 aromatic carbocycles. The van der Waals surface area contributed by atoms with Gasteiger partial charge in [0.25, 0.3) is 0 Å². The number of carboxylic acid groups (broad SMARTS) is 1. The number of aliphatic carboxylic acids is 1. The summed E-state index contributed by atoms with van der Waals surface area (Å²) in [6, 6.07) is -0.300. The Hall–Kier alpha value is -1.79. The second kappa shape index (κ2) is 9.17. The third kappa shape index (κ3) is 8.34. The lowest BCUT2D eigenvalue weighted by atomic mass is 10.0. The summed E-state index contributed by atoms with van der Waals surface area (Å²) in [5, 5.41) is 11.3. The monoisotopic (exact) mass is 287 g/mol. The molecule has 0 aliphatic heterocycles. The zero-order chi connectivity index (χ0) is 15.7. The van der Waals surface area contributed by atoms with Crippen molar-refractivity contribution >= 4 is 17.9 Å². The van der Waals surface area contributed by atoms with Crippen LogP contribution in [0.4, 0.5) is 4.79 Å². The molecule has 2 N–H and O–H groups in total. The maximum Gasteiger partial charge on any atom is 0.317 e. The summed E-state index contributed by atoms with van der Waals surface area (Å²) < 4.78 is 0. The summed E-state index contributed by atoms with van der Waals surface area (Å²) in [7, 11) is 4.83. The minimum Gasteiger partial charge on any atom is -0.481 e. The van der Waals surface area contributed by atoms with Gasteiger partial charge < -0.3 is 20.2 Å². The highest BCUT2D eigenvalue weighted by Crippen LogP contribution is 2.09. The molecule has 1 unspecified atom stereocenters. The number of likely N-dealkylation sites (N-methyl/N-ethyl adjacent to an activating group) is 2. The number of nitrogens with zero attached hydrogens (tertiary/aromatic N) is 2. The number of carbonyl (C=O) groups is 3. The molecule has 0 spiro atoms. The van der Waals surface area contributed by atoms with E-state index in [-0.39, 0.29) is 30.8 Å². The first-order valence-electron chi connectivity index (χ1n) is 6.65. The Morgan fingerprint density at radius 3 is 2.25 bits per heavy atom. The van der Waals surface area contributed by atoms with E-state index < -0.39 is 5.97 Å². The first-order chi connectivity index (χ1) is 9.23. The lowest BCUT2D eigenvalue weighted by Crippen LogP contribution is -2.43. The van der Waals surface area contributed by atoms with E-state index in [9.17, 15) is 14.4 Å². The summed E-state index contributed by atoms with van der Waals surface area (Å²) >= 11 is 0. The van der Waals surface area contributed by atoms with Gasteiger partial charge in [0, 0.05) is 34.1 Å². The van der Waals surface area contributed by atoms with Crippen LogP contribution in [0, 0.1) is 5.92 Å². The summed E-state index contributed by atoms with van der Waals surface area (Å²) in [4.78, 5) is 36.3. The van der Waals surface area contributed by atoms with E-state index >= 15 is 0 Å². The minimum atomic E-state index is -0.803. The van der Waals surface area contributed by atoms with E-state index in [2.05, 4.69) is 5.32 Å². The molecule has 7 heteroatoms. The Balaban J connectivity index is 3.87. The highest BCUT2D eigenvalue weighted by Gasteiger charge is 2.14. The number of carboxylic acids is 1. The van der Waals surface area contributed by atoms with E-state index in [4.69, 9.17) is 5.11 Å². The highest BCUT2D eigenvalue weighted by molar-refractivity contribution is 5.83. The van der Waals surface area contributed by atoms with Crippen molar-refractivity contribution in [2.45, 2.75) is 26.2 Å². The molecule has 20 heavy (non-hydrogen) atoms. The molecule has 0 aromatic rings. The molecule has 116 valence electrons. The zero-order valence-corrected chi connectivity index (χ0v) is 12.7. The highest BCUT2D eigenvalue weighted by atomic mass is 16.4. The SMILES string of the molecule is CC(CCNC(=O)N(C)CC(=O)N(C)C)CCC(=O)O. The molecule has 0 rings (SSSR count). The molecule has 0 heterocycles. The van der Waals surface area contributed by atoms with Crippen molar-refractivity contribution in [3.05, 3.63) is 0 Å². The van der Waals surface area contributed by atoms with Crippen molar-refractivity contribution in [3.63, 3.8) is 0 Å². The van der Waals surface area contributed by atoms with Crippen molar-refractivity contribution in [2.24, 2.45) is 5.92 Å². The average molecular weight is 287 g/mol. The largest absolute Gasteiger partial charge is 0.481 e. The molecule has 0 fully saturated rings. The van der Waals surface area contributed by atoms with Crippen LogP contribution in [-0.4, -0.2) is 67.0 Å². The molecule has 0 bridgehead atoms. The van der Waals surface area contributed by atoms with Gasteiger partial charge in [-0.15, -0.1) is 0 Å². The zero-order valence-electron chi connectivity index (χ0n) is 12.7. The van der Waals surface area contributed by atoms with Gasteiger partial charge in [-0.05, 0) is 18.8 Å². The molecular weight excluding hydrogens is 262 g/mol.